The molecule has 0 unspecified atom stereocenters. The van der Waals surface area contributed by atoms with Crippen LogP contribution in [0, 0.1) is 0 Å². The maximum Gasteiger partial charge on any atom is 0.339 e. The van der Waals surface area contributed by atoms with Gasteiger partial charge in [-0.2, -0.15) is 0 Å². The molecule has 1 saturated heterocycles. The van der Waals surface area contributed by atoms with Crippen LogP contribution >= 0.6 is 11.6 Å². The lowest BCUT2D eigenvalue weighted by Gasteiger charge is -2.28. The molecule has 1 heterocycles. The summed E-state index contributed by atoms with van der Waals surface area (Å²) in [6.07, 6.45) is -0.165. The van der Waals surface area contributed by atoms with Gasteiger partial charge in [-0.05, 0) is 19.1 Å². The van der Waals surface area contributed by atoms with Crippen LogP contribution in [0.1, 0.15) is 17.3 Å². The van der Waals surface area contributed by atoms with Crippen LogP contribution in [0.5, 0.6) is 0 Å². The number of rotatable bonds is 4. The van der Waals surface area contributed by atoms with E-state index in [4.69, 9.17) is 21.1 Å². The molecule has 0 bridgehead atoms. The lowest BCUT2D eigenvalue weighted by atomic mass is 10.2. The van der Waals surface area contributed by atoms with Crippen molar-refractivity contribution in [3.63, 3.8) is 0 Å². The molecule has 1 aromatic rings. The average Bonchev–Trinajstić information content (AvgIpc) is 2.40. The van der Waals surface area contributed by atoms with E-state index in [1.165, 1.54) is 0 Å². The van der Waals surface area contributed by atoms with E-state index >= 15 is 0 Å². The molecule has 5 heteroatoms. The van der Waals surface area contributed by atoms with Crippen molar-refractivity contribution >= 4 is 17.6 Å². The standard InChI is InChI=1S/C14H18ClNO3/c1-11(10-16-6-8-18-9-7-16)19-14(17)12-4-2-3-5-13(12)15/h2-5,11H,6-10H2,1H3/t11-/m1/s1. The summed E-state index contributed by atoms with van der Waals surface area (Å²) in [5.41, 5.74) is 0.415. The van der Waals surface area contributed by atoms with Crippen LogP contribution in [0.4, 0.5) is 0 Å². The molecule has 1 fully saturated rings. The van der Waals surface area contributed by atoms with Gasteiger partial charge in [0.2, 0.25) is 0 Å². The summed E-state index contributed by atoms with van der Waals surface area (Å²) in [7, 11) is 0. The van der Waals surface area contributed by atoms with Crippen molar-refractivity contribution in [2.75, 3.05) is 32.8 Å². The van der Waals surface area contributed by atoms with Gasteiger partial charge >= 0.3 is 5.97 Å². The number of esters is 1. The molecule has 1 aliphatic rings. The van der Waals surface area contributed by atoms with Gasteiger partial charge in [-0.1, -0.05) is 23.7 Å². The predicted molar refractivity (Wildman–Crippen MR) is 73.6 cm³/mol. The first kappa shape index (κ1) is 14.3. The van der Waals surface area contributed by atoms with Crippen LogP contribution in [0.15, 0.2) is 24.3 Å². The van der Waals surface area contributed by atoms with Crippen molar-refractivity contribution in [3.8, 4) is 0 Å². The van der Waals surface area contributed by atoms with Crippen molar-refractivity contribution < 1.29 is 14.3 Å². The zero-order valence-electron chi connectivity index (χ0n) is 11.0. The highest BCUT2D eigenvalue weighted by molar-refractivity contribution is 6.33. The largest absolute Gasteiger partial charge is 0.458 e. The van der Waals surface area contributed by atoms with Crippen molar-refractivity contribution in [1.29, 1.82) is 0 Å². The third-order valence-electron chi connectivity index (χ3n) is 3.02. The molecule has 19 heavy (non-hydrogen) atoms. The Kier molecular flexibility index (Phi) is 5.19. The molecule has 1 aliphatic heterocycles. The van der Waals surface area contributed by atoms with Gasteiger partial charge in [0.25, 0.3) is 0 Å². The summed E-state index contributed by atoms with van der Waals surface area (Å²) >= 11 is 5.97. The number of nitrogens with zero attached hydrogens (tertiary/aromatic N) is 1. The SMILES string of the molecule is C[C@H](CN1CCOCC1)OC(=O)c1ccccc1Cl. The van der Waals surface area contributed by atoms with E-state index in [1.807, 2.05) is 6.92 Å². The number of benzene rings is 1. The molecule has 0 aliphatic carbocycles. The Hall–Kier alpha value is -1.10. The number of morpholine rings is 1. The van der Waals surface area contributed by atoms with E-state index in [1.54, 1.807) is 24.3 Å². The third-order valence-corrected chi connectivity index (χ3v) is 3.35. The van der Waals surface area contributed by atoms with Gasteiger partial charge in [0.15, 0.2) is 0 Å². The summed E-state index contributed by atoms with van der Waals surface area (Å²) in [5.74, 6) is -0.369. The molecule has 0 spiro atoms. The topological polar surface area (TPSA) is 38.8 Å². The Morgan fingerprint density at radius 3 is 2.79 bits per heavy atom. The fraction of sp³-hybridized carbons (Fsp3) is 0.500. The fourth-order valence-corrected chi connectivity index (χ4v) is 2.27. The predicted octanol–water partition coefficient (Wildman–Crippen LogP) is 2.22. The van der Waals surface area contributed by atoms with Crippen LogP contribution in [0.2, 0.25) is 5.02 Å². The first-order valence-corrected chi connectivity index (χ1v) is 6.80. The zero-order valence-corrected chi connectivity index (χ0v) is 11.7. The van der Waals surface area contributed by atoms with E-state index in [2.05, 4.69) is 4.90 Å². The molecular formula is C14H18ClNO3. The summed E-state index contributed by atoms with van der Waals surface area (Å²) in [5, 5.41) is 0.422. The van der Waals surface area contributed by atoms with Crippen LogP contribution in [0.3, 0.4) is 0 Å². The molecule has 0 amide bonds. The summed E-state index contributed by atoms with van der Waals surface area (Å²) in [6, 6.07) is 6.92. The van der Waals surface area contributed by atoms with Crippen molar-refractivity contribution in [2.45, 2.75) is 13.0 Å². The number of carbonyl (C=O) groups excluding carboxylic acids is 1. The molecule has 0 radical (unpaired) electrons. The minimum atomic E-state index is -0.369. The Morgan fingerprint density at radius 2 is 2.11 bits per heavy atom. The van der Waals surface area contributed by atoms with Gasteiger partial charge in [-0.25, -0.2) is 4.79 Å². The summed E-state index contributed by atoms with van der Waals surface area (Å²) in [6.45, 7) is 5.86. The van der Waals surface area contributed by atoms with E-state index in [0.717, 1.165) is 32.8 Å². The van der Waals surface area contributed by atoms with Gasteiger partial charge in [-0.15, -0.1) is 0 Å². The lowest BCUT2D eigenvalue weighted by molar-refractivity contribution is 0.000459. The number of hydrogen-bond donors (Lipinski definition) is 0. The first-order valence-electron chi connectivity index (χ1n) is 6.42. The first-order chi connectivity index (χ1) is 9.16. The van der Waals surface area contributed by atoms with E-state index < -0.39 is 0 Å². The number of carbonyl (C=O) groups is 1. The summed E-state index contributed by atoms with van der Waals surface area (Å²) in [4.78, 5) is 14.2. The molecular weight excluding hydrogens is 266 g/mol. The van der Waals surface area contributed by atoms with E-state index in [-0.39, 0.29) is 12.1 Å². The highest BCUT2D eigenvalue weighted by atomic mass is 35.5. The minimum absolute atomic E-state index is 0.165. The van der Waals surface area contributed by atoms with Gasteiger partial charge < -0.3 is 9.47 Å². The van der Waals surface area contributed by atoms with Crippen molar-refractivity contribution in [3.05, 3.63) is 34.9 Å². The van der Waals surface area contributed by atoms with Crippen LogP contribution < -0.4 is 0 Å². The maximum atomic E-state index is 12.0. The van der Waals surface area contributed by atoms with Gasteiger partial charge in [0.05, 0.1) is 23.8 Å². The van der Waals surface area contributed by atoms with Gasteiger partial charge in [0.1, 0.15) is 6.10 Å². The second-order valence-electron chi connectivity index (χ2n) is 4.61. The van der Waals surface area contributed by atoms with E-state index in [9.17, 15) is 4.79 Å². The van der Waals surface area contributed by atoms with Crippen LogP contribution in [0.25, 0.3) is 0 Å². The zero-order chi connectivity index (χ0) is 13.7. The number of halogens is 1. The Bertz CT molecular complexity index is 432. The number of ether oxygens (including phenoxy) is 2. The highest BCUT2D eigenvalue weighted by Crippen LogP contribution is 2.16. The van der Waals surface area contributed by atoms with Crippen LogP contribution in [-0.4, -0.2) is 49.8 Å². The molecule has 4 nitrogen and oxygen atoms in total. The quantitative estimate of drug-likeness (QED) is 0.794. The second-order valence-corrected chi connectivity index (χ2v) is 5.02. The minimum Gasteiger partial charge on any atom is -0.458 e. The Morgan fingerprint density at radius 1 is 1.42 bits per heavy atom. The van der Waals surface area contributed by atoms with E-state index in [0.29, 0.717) is 10.6 Å². The Labute approximate surface area is 118 Å². The maximum absolute atomic E-state index is 12.0. The fourth-order valence-electron chi connectivity index (χ4n) is 2.06. The molecule has 104 valence electrons. The third kappa shape index (κ3) is 4.20. The molecule has 0 N–H and O–H groups in total. The van der Waals surface area contributed by atoms with Gasteiger partial charge in [-0.3, -0.25) is 4.90 Å². The van der Waals surface area contributed by atoms with Gasteiger partial charge in [0, 0.05) is 19.6 Å². The number of hydrogen-bond acceptors (Lipinski definition) is 4. The molecule has 2 rings (SSSR count). The summed E-state index contributed by atoms with van der Waals surface area (Å²) < 4.78 is 10.7. The lowest BCUT2D eigenvalue weighted by Crippen LogP contribution is -2.41. The van der Waals surface area contributed by atoms with Crippen LogP contribution in [-0.2, 0) is 9.47 Å². The highest BCUT2D eigenvalue weighted by Gasteiger charge is 2.18. The molecule has 1 atom stereocenters. The second kappa shape index (κ2) is 6.89. The molecule has 0 saturated carbocycles. The molecule has 1 aromatic carbocycles. The smallest absolute Gasteiger partial charge is 0.339 e. The monoisotopic (exact) mass is 283 g/mol. The normalized spacial score (nSPS) is 18.0. The van der Waals surface area contributed by atoms with Crippen molar-refractivity contribution in [2.24, 2.45) is 0 Å². The Balaban J connectivity index is 1.86. The average molecular weight is 284 g/mol. The van der Waals surface area contributed by atoms with Crippen molar-refractivity contribution in [1.82, 2.24) is 4.90 Å². The molecule has 0 aromatic heterocycles.